The normalized spacial score (nSPS) is 15.2. The number of amides is 1. The maximum absolute atomic E-state index is 12.1. The van der Waals surface area contributed by atoms with Gasteiger partial charge >= 0.3 is 5.97 Å². The highest BCUT2D eigenvalue weighted by Crippen LogP contribution is 2.20. The van der Waals surface area contributed by atoms with Crippen molar-refractivity contribution < 1.29 is 14.3 Å². The maximum Gasteiger partial charge on any atom is 0.331 e. The summed E-state index contributed by atoms with van der Waals surface area (Å²) in [5, 5.41) is 0.698. The number of anilines is 1. The monoisotopic (exact) mass is 348 g/mol. The first-order chi connectivity index (χ1) is 11.6. The van der Waals surface area contributed by atoms with Gasteiger partial charge in [-0.1, -0.05) is 35.9 Å². The van der Waals surface area contributed by atoms with Crippen molar-refractivity contribution in [3.05, 3.63) is 53.6 Å². The number of halogens is 1. The molecule has 1 aromatic rings. The van der Waals surface area contributed by atoms with Crippen molar-refractivity contribution in [3.63, 3.8) is 0 Å². The minimum absolute atomic E-state index is 0.173. The van der Waals surface area contributed by atoms with Gasteiger partial charge in [-0.15, -0.1) is 0 Å². The molecule has 5 nitrogen and oxygen atoms in total. The molecule has 0 unspecified atom stereocenters. The van der Waals surface area contributed by atoms with Crippen LogP contribution >= 0.6 is 11.6 Å². The van der Waals surface area contributed by atoms with E-state index < -0.39 is 5.97 Å². The zero-order valence-electron chi connectivity index (χ0n) is 13.7. The Morgan fingerprint density at radius 3 is 2.62 bits per heavy atom. The summed E-state index contributed by atoms with van der Waals surface area (Å²) in [4.78, 5) is 27.4. The van der Waals surface area contributed by atoms with E-state index in [1.165, 1.54) is 6.08 Å². The predicted molar refractivity (Wildman–Crippen MR) is 95.2 cm³/mol. The lowest BCUT2D eigenvalue weighted by Crippen LogP contribution is -2.49. The average molecular weight is 349 g/mol. The third-order valence-electron chi connectivity index (χ3n) is 3.68. The fraction of sp³-hybridized carbons (Fsp3) is 0.333. The highest BCUT2D eigenvalue weighted by Gasteiger charge is 2.22. The summed E-state index contributed by atoms with van der Waals surface area (Å²) in [7, 11) is 0. The molecule has 6 heteroatoms. The van der Waals surface area contributed by atoms with Crippen molar-refractivity contribution in [2.45, 2.75) is 6.92 Å². The quantitative estimate of drug-likeness (QED) is 0.466. The van der Waals surface area contributed by atoms with Crippen LogP contribution in [0.25, 0.3) is 0 Å². The molecule has 1 aliphatic rings. The van der Waals surface area contributed by atoms with Crippen molar-refractivity contribution in [1.82, 2.24) is 4.90 Å². The van der Waals surface area contributed by atoms with Crippen molar-refractivity contribution in [2.24, 2.45) is 0 Å². The molecule has 2 rings (SSSR count). The minimum atomic E-state index is -0.515. The molecule has 24 heavy (non-hydrogen) atoms. The van der Waals surface area contributed by atoms with Gasteiger partial charge in [-0.05, 0) is 25.1 Å². The number of piperazine rings is 1. The van der Waals surface area contributed by atoms with E-state index in [1.807, 2.05) is 31.2 Å². The van der Waals surface area contributed by atoms with Gasteiger partial charge in [-0.25, -0.2) is 4.79 Å². The van der Waals surface area contributed by atoms with Crippen LogP contribution < -0.4 is 4.90 Å². The van der Waals surface area contributed by atoms with Gasteiger partial charge in [0, 0.05) is 43.0 Å². The molecular weight excluding hydrogens is 328 g/mol. The summed E-state index contributed by atoms with van der Waals surface area (Å²) < 4.78 is 4.95. The van der Waals surface area contributed by atoms with E-state index in [4.69, 9.17) is 16.3 Å². The smallest absolute Gasteiger partial charge is 0.331 e. The molecule has 0 atom stereocenters. The summed E-state index contributed by atoms with van der Waals surface area (Å²) in [5.74, 6) is -0.687. The van der Waals surface area contributed by atoms with E-state index in [-0.39, 0.29) is 12.5 Å². The van der Waals surface area contributed by atoms with Crippen LogP contribution in [0.3, 0.4) is 0 Å². The lowest BCUT2D eigenvalue weighted by molar-refractivity contribution is -0.148. The molecule has 0 aromatic heterocycles. The number of allylic oxidation sites excluding steroid dienone is 3. The lowest BCUT2D eigenvalue weighted by atomic mass is 10.2. The van der Waals surface area contributed by atoms with Crippen molar-refractivity contribution in [1.29, 1.82) is 0 Å². The Bertz CT molecular complexity index is 635. The number of esters is 1. The van der Waals surface area contributed by atoms with Crippen molar-refractivity contribution in [3.8, 4) is 0 Å². The fourth-order valence-corrected chi connectivity index (χ4v) is 2.59. The summed E-state index contributed by atoms with van der Waals surface area (Å²) in [5.41, 5.74) is 1.05. The lowest BCUT2D eigenvalue weighted by Gasteiger charge is -2.36. The van der Waals surface area contributed by atoms with Gasteiger partial charge in [-0.3, -0.25) is 4.79 Å². The van der Waals surface area contributed by atoms with E-state index in [9.17, 15) is 9.59 Å². The Balaban J connectivity index is 1.77. The van der Waals surface area contributed by atoms with E-state index in [0.717, 1.165) is 18.8 Å². The molecule has 1 amide bonds. The summed E-state index contributed by atoms with van der Waals surface area (Å²) in [6.45, 7) is 4.26. The summed E-state index contributed by atoms with van der Waals surface area (Å²) in [6.07, 6.45) is 6.40. The van der Waals surface area contributed by atoms with Crippen LogP contribution in [0, 0.1) is 0 Å². The molecule has 0 aliphatic carbocycles. The first-order valence-electron chi connectivity index (χ1n) is 7.84. The van der Waals surface area contributed by atoms with Gasteiger partial charge in [0.05, 0.1) is 0 Å². The Morgan fingerprint density at radius 1 is 1.21 bits per heavy atom. The van der Waals surface area contributed by atoms with E-state index >= 15 is 0 Å². The molecule has 1 saturated heterocycles. The zero-order valence-corrected chi connectivity index (χ0v) is 14.4. The van der Waals surface area contributed by atoms with Crippen molar-refractivity contribution in [2.75, 3.05) is 37.7 Å². The molecule has 0 radical (unpaired) electrons. The number of hydrogen-bond acceptors (Lipinski definition) is 4. The molecule has 128 valence electrons. The SMILES string of the molecule is C/C=C/C=C/C(=O)OCC(=O)N1CCN(c2cccc(Cl)c2)CC1. The first kappa shape index (κ1) is 18.1. The molecular formula is C18H21ClN2O3. The number of carbonyl (C=O) groups excluding carboxylic acids is 2. The summed E-state index contributed by atoms with van der Waals surface area (Å²) >= 11 is 6.01. The topological polar surface area (TPSA) is 49.9 Å². The van der Waals surface area contributed by atoms with Gasteiger partial charge in [0.1, 0.15) is 0 Å². The molecule has 1 aromatic carbocycles. The van der Waals surface area contributed by atoms with Gasteiger partial charge < -0.3 is 14.5 Å². The molecule has 1 fully saturated rings. The molecule has 1 aliphatic heterocycles. The van der Waals surface area contributed by atoms with Crippen LogP contribution in [0.2, 0.25) is 5.02 Å². The van der Waals surface area contributed by atoms with Gasteiger partial charge in [0.2, 0.25) is 0 Å². The highest BCUT2D eigenvalue weighted by atomic mass is 35.5. The Labute approximate surface area is 147 Å². The van der Waals surface area contributed by atoms with Crippen LogP contribution in [0.5, 0.6) is 0 Å². The Hall–Kier alpha value is -2.27. The first-order valence-corrected chi connectivity index (χ1v) is 8.22. The largest absolute Gasteiger partial charge is 0.452 e. The number of hydrogen-bond donors (Lipinski definition) is 0. The van der Waals surface area contributed by atoms with Crippen LogP contribution in [0.4, 0.5) is 5.69 Å². The maximum atomic E-state index is 12.1. The van der Waals surface area contributed by atoms with Crippen LogP contribution in [0.15, 0.2) is 48.6 Å². The van der Waals surface area contributed by atoms with Gasteiger partial charge in [0.25, 0.3) is 5.91 Å². The number of benzene rings is 1. The van der Waals surface area contributed by atoms with Crippen LogP contribution in [-0.4, -0.2) is 49.6 Å². The van der Waals surface area contributed by atoms with E-state index in [0.29, 0.717) is 18.1 Å². The summed E-state index contributed by atoms with van der Waals surface area (Å²) in [6, 6.07) is 7.67. The van der Waals surface area contributed by atoms with E-state index in [2.05, 4.69) is 4.90 Å². The number of rotatable bonds is 5. The highest BCUT2D eigenvalue weighted by molar-refractivity contribution is 6.30. The second kappa shape index (κ2) is 9.13. The van der Waals surface area contributed by atoms with Crippen molar-refractivity contribution >= 4 is 29.2 Å². The molecule has 0 bridgehead atoms. The average Bonchev–Trinajstić information content (AvgIpc) is 2.60. The van der Waals surface area contributed by atoms with E-state index in [1.54, 1.807) is 23.1 Å². The zero-order chi connectivity index (χ0) is 17.4. The van der Waals surface area contributed by atoms with Gasteiger partial charge in [0.15, 0.2) is 6.61 Å². The third kappa shape index (κ3) is 5.42. The molecule has 0 saturated carbocycles. The molecule has 0 spiro atoms. The Morgan fingerprint density at radius 2 is 1.96 bits per heavy atom. The number of carbonyl (C=O) groups is 2. The standard InChI is InChI=1S/C18H21ClN2O3/c1-2-3-4-8-18(23)24-14-17(22)21-11-9-20(10-12-21)16-7-5-6-15(19)13-16/h2-8,13H,9-12,14H2,1H3/b3-2+,8-4+. The molecule has 1 heterocycles. The fourth-order valence-electron chi connectivity index (χ4n) is 2.40. The van der Waals surface area contributed by atoms with Crippen LogP contribution in [-0.2, 0) is 14.3 Å². The Kier molecular flexibility index (Phi) is 6.88. The number of ether oxygens (including phenoxy) is 1. The minimum Gasteiger partial charge on any atom is -0.452 e. The third-order valence-corrected chi connectivity index (χ3v) is 3.91. The van der Waals surface area contributed by atoms with Gasteiger partial charge in [-0.2, -0.15) is 0 Å². The number of nitrogens with zero attached hydrogens (tertiary/aromatic N) is 2. The second-order valence-corrected chi connectivity index (χ2v) is 5.78. The second-order valence-electron chi connectivity index (χ2n) is 5.34. The van der Waals surface area contributed by atoms with Crippen LogP contribution in [0.1, 0.15) is 6.92 Å². The molecule has 0 N–H and O–H groups in total. The predicted octanol–water partition coefficient (Wildman–Crippen LogP) is 2.66.